The van der Waals surface area contributed by atoms with Gasteiger partial charge in [-0.1, -0.05) is 18.2 Å². The molecule has 0 radical (unpaired) electrons. The fourth-order valence-corrected chi connectivity index (χ4v) is 3.69. The van der Waals surface area contributed by atoms with Gasteiger partial charge in [-0.25, -0.2) is 0 Å². The highest BCUT2D eigenvalue weighted by atomic mass is 32.1. The molecule has 1 fully saturated rings. The Hall–Kier alpha value is -2.34. The third kappa shape index (κ3) is 3.76. The van der Waals surface area contributed by atoms with Crippen LogP contribution < -0.4 is 11.1 Å². The van der Waals surface area contributed by atoms with Crippen LogP contribution in [0.25, 0.3) is 0 Å². The van der Waals surface area contributed by atoms with E-state index in [9.17, 15) is 9.59 Å². The number of nitrogens with two attached hydrogens (primary N) is 1. The summed E-state index contributed by atoms with van der Waals surface area (Å²) in [4.78, 5) is 26.5. The number of carbonyl (C=O) groups is 2. The molecule has 1 aromatic carbocycles. The molecule has 1 aliphatic heterocycles. The lowest BCUT2D eigenvalue weighted by Crippen LogP contribution is -2.39. The van der Waals surface area contributed by atoms with E-state index in [4.69, 9.17) is 5.73 Å². The van der Waals surface area contributed by atoms with Gasteiger partial charge in [0.15, 0.2) is 0 Å². The second kappa shape index (κ2) is 7.49. The molecule has 0 atom stereocenters. The van der Waals surface area contributed by atoms with Crippen molar-refractivity contribution >= 4 is 28.8 Å². The molecular formula is C18H21N3O2S. The Morgan fingerprint density at radius 3 is 2.58 bits per heavy atom. The van der Waals surface area contributed by atoms with Gasteiger partial charge in [0.1, 0.15) is 0 Å². The Balaban J connectivity index is 1.51. The highest BCUT2D eigenvalue weighted by Gasteiger charge is 2.24. The predicted molar refractivity (Wildman–Crippen MR) is 96.4 cm³/mol. The number of piperidine rings is 1. The van der Waals surface area contributed by atoms with Crippen LogP contribution in [0.1, 0.15) is 32.9 Å². The van der Waals surface area contributed by atoms with Crippen molar-refractivity contribution in [3.8, 4) is 0 Å². The SMILES string of the molecule is NC(=O)c1ccccc1NCC1CCN(C(=O)c2cccs2)CC1. The Morgan fingerprint density at radius 2 is 1.92 bits per heavy atom. The summed E-state index contributed by atoms with van der Waals surface area (Å²) in [6.07, 6.45) is 1.92. The van der Waals surface area contributed by atoms with Crippen LogP contribution in [0.2, 0.25) is 0 Å². The van der Waals surface area contributed by atoms with Crippen LogP contribution in [0.5, 0.6) is 0 Å². The Kier molecular flexibility index (Phi) is 5.15. The first kappa shape index (κ1) is 16.5. The Bertz CT molecular complexity index is 707. The molecule has 0 spiro atoms. The standard InChI is InChI=1S/C18H21N3O2S/c19-17(22)14-4-1-2-5-15(14)20-12-13-7-9-21(10-8-13)18(23)16-6-3-11-24-16/h1-6,11,13,20H,7-10,12H2,(H2,19,22). The number of primary amides is 1. The van der Waals surface area contributed by atoms with E-state index in [1.165, 1.54) is 11.3 Å². The number of amides is 2. The van der Waals surface area contributed by atoms with Crippen molar-refractivity contribution in [2.24, 2.45) is 11.7 Å². The summed E-state index contributed by atoms with van der Waals surface area (Å²) in [5, 5.41) is 5.26. The lowest BCUT2D eigenvalue weighted by atomic mass is 9.96. The molecule has 2 aromatic rings. The van der Waals surface area contributed by atoms with Crippen molar-refractivity contribution in [3.05, 3.63) is 52.2 Å². The number of thiophene rings is 1. The first-order chi connectivity index (χ1) is 11.6. The van der Waals surface area contributed by atoms with Crippen LogP contribution >= 0.6 is 11.3 Å². The molecule has 0 aliphatic carbocycles. The quantitative estimate of drug-likeness (QED) is 0.876. The normalized spacial score (nSPS) is 15.2. The zero-order chi connectivity index (χ0) is 16.9. The minimum absolute atomic E-state index is 0.135. The van der Waals surface area contributed by atoms with Gasteiger partial charge in [0.25, 0.3) is 11.8 Å². The molecule has 2 amide bonds. The largest absolute Gasteiger partial charge is 0.384 e. The van der Waals surface area contributed by atoms with E-state index >= 15 is 0 Å². The van der Waals surface area contributed by atoms with Crippen molar-refractivity contribution in [1.29, 1.82) is 0 Å². The monoisotopic (exact) mass is 343 g/mol. The maximum absolute atomic E-state index is 12.3. The lowest BCUT2D eigenvalue weighted by molar-refractivity contribution is 0.0699. The van der Waals surface area contributed by atoms with E-state index in [1.807, 2.05) is 34.5 Å². The summed E-state index contributed by atoms with van der Waals surface area (Å²) in [6.45, 7) is 2.34. The second-order valence-electron chi connectivity index (χ2n) is 6.00. The van der Waals surface area contributed by atoms with Gasteiger partial charge >= 0.3 is 0 Å². The number of hydrogen-bond donors (Lipinski definition) is 2. The molecule has 1 aliphatic rings. The molecule has 1 aromatic heterocycles. The van der Waals surface area contributed by atoms with E-state index < -0.39 is 5.91 Å². The minimum Gasteiger partial charge on any atom is -0.384 e. The van der Waals surface area contributed by atoms with Gasteiger partial charge in [-0.05, 0) is 42.3 Å². The van der Waals surface area contributed by atoms with Crippen LogP contribution in [0.3, 0.4) is 0 Å². The third-order valence-electron chi connectivity index (χ3n) is 4.41. The zero-order valence-electron chi connectivity index (χ0n) is 13.4. The van der Waals surface area contributed by atoms with Crippen LogP contribution in [0.4, 0.5) is 5.69 Å². The average Bonchev–Trinajstić information content (AvgIpc) is 3.14. The highest BCUT2D eigenvalue weighted by Crippen LogP contribution is 2.22. The fraction of sp³-hybridized carbons (Fsp3) is 0.333. The fourth-order valence-electron chi connectivity index (χ4n) is 3.00. The van der Waals surface area contributed by atoms with Gasteiger partial charge in [0.2, 0.25) is 0 Å². The molecule has 1 saturated heterocycles. The van der Waals surface area contributed by atoms with E-state index in [0.29, 0.717) is 11.5 Å². The van der Waals surface area contributed by atoms with Crippen molar-refractivity contribution < 1.29 is 9.59 Å². The average molecular weight is 343 g/mol. The minimum atomic E-state index is -0.422. The molecule has 2 heterocycles. The first-order valence-electron chi connectivity index (χ1n) is 8.10. The van der Waals surface area contributed by atoms with Crippen molar-refractivity contribution in [2.45, 2.75) is 12.8 Å². The summed E-state index contributed by atoms with van der Waals surface area (Å²) >= 11 is 1.49. The van der Waals surface area contributed by atoms with Crippen LogP contribution in [-0.4, -0.2) is 36.3 Å². The molecule has 3 N–H and O–H groups in total. The van der Waals surface area contributed by atoms with Gasteiger partial charge in [-0.3, -0.25) is 9.59 Å². The van der Waals surface area contributed by atoms with Gasteiger partial charge in [0.05, 0.1) is 10.4 Å². The van der Waals surface area contributed by atoms with E-state index in [0.717, 1.165) is 43.0 Å². The van der Waals surface area contributed by atoms with Gasteiger partial charge in [-0.15, -0.1) is 11.3 Å². The number of likely N-dealkylation sites (tertiary alicyclic amines) is 1. The molecular weight excluding hydrogens is 322 g/mol. The third-order valence-corrected chi connectivity index (χ3v) is 5.27. The summed E-state index contributed by atoms with van der Waals surface area (Å²) in [7, 11) is 0. The summed E-state index contributed by atoms with van der Waals surface area (Å²) in [6, 6.07) is 11.1. The lowest BCUT2D eigenvalue weighted by Gasteiger charge is -2.32. The Morgan fingerprint density at radius 1 is 1.17 bits per heavy atom. The zero-order valence-corrected chi connectivity index (χ0v) is 14.2. The predicted octanol–water partition coefficient (Wildman–Crippen LogP) is 2.81. The molecule has 0 bridgehead atoms. The number of hydrogen-bond acceptors (Lipinski definition) is 4. The highest BCUT2D eigenvalue weighted by molar-refractivity contribution is 7.12. The molecule has 6 heteroatoms. The summed E-state index contributed by atoms with van der Waals surface area (Å²) in [5.74, 6) is 0.197. The molecule has 0 saturated carbocycles. The Labute approximate surface area is 145 Å². The number of nitrogens with zero attached hydrogens (tertiary/aromatic N) is 1. The maximum Gasteiger partial charge on any atom is 0.263 e. The smallest absolute Gasteiger partial charge is 0.263 e. The molecule has 0 unspecified atom stereocenters. The number of carbonyl (C=O) groups excluding carboxylic acids is 2. The summed E-state index contributed by atoms with van der Waals surface area (Å²) in [5.41, 5.74) is 6.70. The molecule has 3 rings (SSSR count). The van der Waals surface area contributed by atoms with Crippen molar-refractivity contribution in [1.82, 2.24) is 4.90 Å². The maximum atomic E-state index is 12.3. The topological polar surface area (TPSA) is 75.4 Å². The van der Waals surface area contributed by atoms with E-state index in [2.05, 4.69) is 5.32 Å². The number of nitrogens with one attached hydrogen (secondary N) is 1. The van der Waals surface area contributed by atoms with Gasteiger partial charge in [-0.2, -0.15) is 0 Å². The van der Waals surface area contributed by atoms with Crippen LogP contribution in [0.15, 0.2) is 41.8 Å². The van der Waals surface area contributed by atoms with Crippen LogP contribution in [-0.2, 0) is 0 Å². The number of anilines is 1. The van der Waals surface area contributed by atoms with Crippen molar-refractivity contribution in [2.75, 3.05) is 25.0 Å². The second-order valence-corrected chi connectivity index (χ2v) is 6.95. The first-order valence-corrected chi connectivity index (χ1v) is 8.98. The van der Waals surface area contributed by atoms with E-state index in [-0.39, 0.29) is 5.91 Å². The number of benzene rings is 1. The number of para-hydroxylation sites is 1. The van der Waals surface area contributed by atoms with E-state index in [1.54, 1.807) is 12.1 Å². The molecule has 126 valence electrons. The molecule has 24 heavy (non-hydrogen) atoms. The summed E-state index contributed by atoms with van der Waals surface area (Å²) < 4.78 is 0. The van der Waals surface area contributed by atoms with Gasteiger partial charge in [0, 0.05) is 25.3 Å². The molecule has 5 nitrogen and oxygen atoms in total. The van der Waals surface area contributed by atoms with Crippen LogP contribution in [0, 0.1) is 5.92 Å². The van der Waals surface area contributed by atoms with Gasteiger partial charge < -0.3 is 16.0 Å². The number of rotatable bonds is 5. The van der Waals surface area contributed by atoms with Crippen molar-refractivity contribution in [3.63, 3.8) is 0 Å².